The molecule has 1 unspecified atom stereocenters. The number of carboxylic acids is 1. The smallest absolute Gasteiger partial charge is 0.300 e. The molecular formula is C17H25ClN6O3. The number of hydrogen-bond donors (Lipinski definition) is 2. The topological polar surface area (TPSA) is 105 Å². The predicted octanol–water partition coefficient (Wildman–Crippen LogP) is 1.72. The van der Waals surface area contributed by atoms with E-state index in [0.717, 1.165) is 62.8 Å². The first-order valence-electron chi connectivity index (χ1n) is 9.13. The summed E-state index contributed by atoms with van der Waals surface area (Å²) >= 11 is 6.21. The molecule has 148 valence electrons. The van der Waals surface area contributed by atoms with Crippen LogP contribution >= 0.6 is 11.6 Å². The number of carbonyl (C=O) groups is 1. The molecule has 0 spiro atoms. The van der Waals surface area contributed by atoms with Crippen molar-refractivity contribution in [1.29, 1.82) is 0 Å². The third kappa shape index (κ3) is 4.85. The summed E-state index contributed by atoms with van der Waals surface area (Å²) < 4.78 is 7.65. The average molecular weight is 397 g/mol. The number of piperidine rings is 1. The van der Waals surface area contributed by atoms with Crippen molar-refractivity contribution in [3.63, 3.8) is 0 Å². The second-order valence-electron chi connectivity index (χ2n) is 6.77. The molecule has 2 saturated heterocycles. The number of morpholine rings is 1. The zero-order chi connectivity index (χ0) is 19.4. The lowest BCUT2D eigenvalue weighted by molar-refractivity contribution is -0.134. The summed E-state index contributed by atoms with van der Waals surface area (Å²) in [6.45, 7) is 7.50. The van der Waals surface area contributed by atoms with Crippen LogP contribution < -0.4 is 10.2 Å². The largest absolute Gasteiger partial charge is 0.481 e. The van der Waals surface area contributed by atoms with Crippen LogP contribution in [-0.4, -0.2) is 69.7 Å². The van der Waals surface area contributed by atoms with Gasteiger partial charge in [0.1, 0.15) is 5.82 Å². The molecule has 2 aromatic heterocycles. The first-order valence-corrected chi connectivity index (χ1v) is 9.51. The van der Waals surface area contributed by atoms with Gasteiger partial charge in [-0.05, 0) is 44.5 Å². The average Bonchev–Trinajstić information content (AvgIpc) is 3.05. The molecule has 4 heterocycles. The molecule has 4 rings (SSSR count). The van der Waals surface area contributed by atoms with E-state index in [-0.39, 0.29) is 11.4 Å². The zero-order valence-electron chi connectivity index (χ0n) is 15.6. The van der Waals surface area contributed by atoms with Crippen LogP contribution in [0.5, 0.6) is 0 Å². The highest BCUT2D eigenvalue weighted by molar-refractivity contribution is 6.28. The highest BCUT2D eigenvalue weighted by Gasteiger charge is 2.25. The lowest BCUT2D eigenvalue weighted by atomic mass is 10.1. The minimum absolute atomic E-state index is 0.187. The fourth-order valence-corrected chi connectivity index (χ4v) is 3.62. The third-order valence-corrected chi connectivity index (χ3v) is 4.77. The molecule has 27 heavy (non-hydrogen) atoms. The molecule has 0 aliphatic carbocycles. The quantitative estimate of drug-likeness (QED) is 0.739. The van der Waals surface area contributed by atoms with E-state index in [0.29, 0.717) is 12.6 Å². The number of halogens is 1. The van der Waals surface area contributed by atoms with Gasteiger partial charge in [0.25, 0.3) is 5.97 Å². The van der Waals surface area contributed by atoms with Crippen molar-refractivity contribution >= 4 is 34.4 Å². The summed E-state index contributed by atoms with van der Waals surface area (Å²) in [5.41, 5.74) is 0.839. The van der Waals surface area contributed by atoms with Gasteiger partial charge >= 0.3 is 0 Å². The van der Waals surface area contributed by atoms with Gasteiger partial charge in [0.15, 0.2) is 5.65 Å². The Labute approximate surface area is 162 Å². The number of aromatic nitrogens is 4. The normalized spacial score (nSPS) is 21.0. The highest BCUT2D eigenvalue weighted by Crippen LogP contribution is 2.30. The van der Waals surface area contributed by atoms with Gasteiger partial charge in [0.2, 0.25) is 5.28 Å². The molecule has 0 aromatic carbocycles. The van der Waals surface area contributed by atoms with Gasteiger partial charge in [-0.3, -0.25) is 4.79 Å². The first kappa shape index (κ1) is 19.8. The predicted molar refractivity (Wildman–Crippen MR) is 102 cm³/mol. The van der Waals surface area contributed by atoms with Gasteiger partial charge in [0.05, 0.1) is 30.3 Å². The number of nitrogens with zero attached hydrogens (tertiary/aromatic N) is 5. The molecule has 2 aliphatic rings. The monoisotopic (exact) mass is 396 g/mol. The number of anilines is 1. The van der Waals surface area contributed by atoms with Crippen LogP contribution in [0.1, 0.15) is 32.7 Å². The van der Waals surface area contributed by atoms with Gasteiger partial charge in [-0.25, -0.2) is 4.68 Å². The molecule has 2 N–H and O–H groups in total. The molecule has 0 bridgehead atoms. The summed E-state index contributed by atoms with van der Waals surface area (Å²) in [7, 11) is 0. The van der Waals surface area contributed by atoms with E-state index in [1.807, 2.05) is 10.9 Å². The van der Waals surface area contributed by atoms with Crippen molar-refractivity contribution < 1.29 is 14.6 Å². The van der Waals surface area contributed by atoms with Crippen molar-refractivity contribution in [2.24, 2.45) is 0 Å². The van der Waals surface area contributed by atoms with E-state index < -0.39 is 5.97 Å². The lowest BCUT2D eigenvalue weighted by Crippen LogP contribution is -2.41. The second kappa shape index (κ2) is 8.81. The van der Waals surface area contributed by atoms with Gasteiger partial charge < -0.3 is 20.1 Å². The lowest BCUT2D eigenvalue weighted by Gasteiger charge is -2.32. The minimum atomic E-state index is -0.833. The fraction of sp³-hybridized carbons (Fsp3) is 0.647. The van der Waals surface area contributed by atoms with Crippen LogP contribution in [-0.2, 0) is 9.53 Å². The molecule has 0 amide bonds. The molecule has 2 aromatic rings. The Kier molecular flexibility index (Phi) is 6.46. The van der Waals surface area contributed by atoms with Crippen molar-refractivity contribution in [3.05, 3.63) is 11.5 Å². The zero-order valence-corrected chi connectivity index (χ0v) is 16.3. The number of fused-ring (bicyclic) bond motifs is 1. The Morgan fingerprint density at radius 2 is 2.07 bits per heavy atom. The van der Waals surface area contributed by atoms with Crippen molar-refractivity contribution in [3.8, 4) is 0 Å². The maximum absolute atomic E-state index is 9.00. The van der Waals surface area contributed by atoms with Gasteiger partial charge in [-0.2, -0.15) is 15.1 Å². The second-order valence-corrected chi connectivity index (χ2v) is 7.11. The molecule has 1 atom stereocenters. The van der Waals surface area contributed by atoms with Crippen LogP contribution in [0.3, 0.4) is 0 Å². The van der Waals surface area contributed by atoms with Crippen molar-refractivity contribution in [2.75, 3.05) is 37.7 Å². The number of aliphatic carboxylic acids is 1. The Hall–Kier alpha value is -1.97. The van der Waals surface area contributed by atoms with Crippen LogP contribution in [0.15, 0.2) is 6.20 Å². The number of rotatable bonds is 2. The molecule has 0 radical (unpaired) electrons. The summed E-state index contributed by atoms with van der Waals surface area (Å²) in [6, 6.07) is 0.371. The molecule has 10 heteroatoms. The molecular weight excluding hydrogens is 372 g/mol. The minimum Gasteiger partial charge on any atom is -0.481 e. The molecule has 2 fully saturated rings. The summed E-state index contributed by atoms with van der Waals surface area (Å²) in [5.74, 6) is 0.0373. The van der Waals surface area contributed by atoms with E-state index in [2.05, 4.69) is 32.2 Å². The molecule has 9 nitrogen and oxygen atoms in total. The maximum atomic E-state index is 9.00. The van der Waals surface area contributed by atoms with E-state index in [4.69, 9.17) is 26.2 Å². The van der Waals surface area contributed by atoms with Gasteiger partial charge in [-0.15, -0.1) is 0 Å². The van der Waals surface area contributed by atoms with Gasteiger partial charge in [-0.1, -0.05) is 0 Å². The summed E-state index contributed by atoms with van der Waals surface area (Å²) in [4.78, 5) is 20.2. The van der Waals surface area contributed by atoms with Crippen LogP contribution in [0.4, 0.5) is 5.82 Å². The highest BCUT2D eigenvalue weighted by atomic mass is 35.5. The first-order chi connectivity index (χ1) is 13.0. The maximum Gasteiger partial charge on any atom is 0.300 e. The van der Waals surface area contributed by atoms with E-state index in [1.54, 1.807) is 0 Å². The van der Waals surface area contributed by atoms with Crippen LogP contribution in [0, 0.1) is 0 Å². The van der Waals surface area contributed by atoms with Crippen molar-refractivity contribution in [1.82, 2.24) is 25.1 Å². The number of carboxylic acid groups (broad SMARTS) is 1. The van der Waals surface area contributed by atoms with Crippen LogP contribution in [0.2, 0.25) is 5.28 Å². The Morgan fingerprint density at radius 1 is 1.37 bits per heavy atom. The third-order valence-electron chi connectivity index (χ3n) is 4.60. The number of hydrogen-bond acceptors (Lipinski definition) is 7. The van der Waals surface area contributed by atoms with Crippen molar-refractivity contribution in [2.45, 2.75) is 38.8 Å². The molecule has 0 saturated carbocycles. The summed E-state index contributed by atoms with van der Waals surface area (Å²) in [6.07, 6.45) is 4.18. The number of nitrogens with one attached hydrogen (secondary N) is 1. The number of ether oxygens (including phenoxy) is 1. The fourth-order valence-electron chi connectivity index (χ4n) is 3.46. The Bertz CT molecular complexity index is 788. The van der Waals surface area contributed by atoms with E-state index in [1.165, 1.54) is 0 Å². The van der Waals surface area contributed by atoms with E-state index in [9.17, 15) is 0 Å². The van der Waals surface area contributed by atoms with Gasteiger partial charge in [0, 0.05) is 20.0 Å². The van der Waals surface area contributed by atoms with Crippen LogP contribution in [0.25, 0.3) is 11.0 Å². The molecule has 2 aliphatic heterocycles. The Morgan fingerprint density at radius 3 is 2.74 bits per heavy atom. The SMILES string of the molecule is CC(=O)O.CC1CN(c2nc(Cl)nc3c2cnn3C2CCNCC2)CCO1. The Balaban J connectivity index is 0.000000481. The summed E-state index contributed by atoms with van der Waals surface area (Å²) in [5, 5.41) is 16.7. The standard InChI is InChI=1S/C15H21ClN6O.C2H4O2/c1-10-9-21(6-7-23-10)13-12-8-18-22(11-2-4-17-5-3-11)14(12)20-15(16)19-13;1-2(3)4/h8,10-11,17H,2-7,9H2,1H3;1H3,(H,3,4). The van der Waals surface area contributed by atoms with E-state index >= 15 is 0 Å².